The minimum atomic E-state index is -5.19. The largest absolute Gasteiger partial charge is 0.542 e. The third-order valence-electron chi connectivity index (χ3n) is 7.69. The number of carbonyl (C=O) groups excluding carboxylic acids is 2. The highest BCUT2D eigenvalue weighted by atomic mass is 35.5. The molecule has 1 N–H and O–H groups in total. The second kappa shape index (κ2) is 20.1. The van der Waals surface area contributed by atoms with Gasteiger partial charge in [0.1, 0.15) is 29.1 Å². The maximum Gasteiger partial charge on any atom is 0.430 e. The van der Waals surface area contributed by atoms with Crippen LogP contribution in [0.15, 0.2) is 115 Å². The van der Waals surface area contributed by atoms with Gasteiger partial charge in [-0.25, -0.2) is 0 Å². The van der Waals surface area contributed by atoms with Crippen molar-refractivity contribution >= 4 is 63.9 Å². The first kappa shape index (κ1) is 38.9. The second-order valence-corrected chi connectivity index (χ2v) is 15.3. The maximum absolute atomic E-state index is 12.7. The van der Waals surface area contributed by atoms with E-state index in [2.05, 4.69) is 125 Å². The monoisotopic (exact) mass is 718 g/mol. The van der Waals surface area contributed by atoms with E-state index < -0.39 is 19.4 Å². The molecule has 0 saturated carbocycles. The van der Waals surface area contributed by atoms with E-state index in [0.29, 0.717) is 24.7 Å². The topological polar surface area (TPSA) is 72.5 Å². The van der Waals surface area contributed by atoms with E-state index >= 15 is 0 Å². The molecule has 11 heteroatoms. The molecule has 0 fully saturated rings. The Morgan fingerprint density at radius 3 is 1.54 bits per heavy atom. The molecular weight excluding hydrogens is 679 g/mol. The Morgan fingerprint density at radius 2 is 1.15 bits per heavy atom. The number of halogens is 5. The van der Waals surface area contributed by atoms with Gasteiger partial charge in [0, 0.05) is 43.5 Å². The molecule has 0 heterocycles. The second-order valence-electron chi connectivity index (χ2n) is 10.9. The smallest absolute Gasteiger partial charge is 0.430 e. The van der Waals surface area contributed by atoms with Crippen LogP contribution in [-0.4, -0.2) is 55.6 Å². The summed E-state index contributed by atoms with van der Waals surface area (Å²) < 4.78 is 31.5. The molecular formula is C37H40Cl2F3N2O3P. The van der Waals surface area contributed by atoms with Crippen molar-refractivity contribution in [3.05, 3.63) is 121 Å². The van der Waals surface area contributed by atoms with Crippen LogP contribution in [0.1, 0.15) is 24.8 Å². The maximum atomic E-state index is 12.7. The molecule has 0 aliphatic heterocycles. The van der Waals surface area contributed by atoms with E-state index in [-0.39, 0.29) is 5.91 Å². The fraction of sp³-hybridized carbons (Fsp3) is 0.297. The first-order valence-electron chi connectivity index (χ1n) is 15.7. The van der Waals surface area contributed by atoms with Crippen LogP contribution in [0.5, 0.6) is 0 Å². The summed E-state index contributed by atoms with van der Waals surface area (Å²) in [6, 6.07) is 41.2. The van der Waals surface area contributed by atoms with E-state index in [1.807, 2.05) is 0 Å². The number of alkyl halides is 5. The van der Waals surface area contributed by atoms with Gasteiger partial charge in [0.05, 0.1) is 6.16 Å². The van der Waals surface area contributed by atoms with E-state index in [0.717, 1.165) is 44.2 Å². The van der Waals surface area contributed by atoms with Crippen LogP contribution < -0.4 is 31.2 Å². The Kier molecular flexibility index (Phi) is 16.2. The van der Waals surface area contributed by atoms with Gasteiger partial charge in [0.2, 0.25) is 5.91 Å². The quantitative estimate of drug-likeness (QED) is 0.0865. The summed E-state index contributed by atoms with van der Waals surface area (Å²) in [6.07, 6.45) is -1.04. The number of nitrogens with zero attached hydrogens (tertiary/aromatic N) is 1. The number of aliphatic carboxylic acids is 1. The SMILES string of the molecule is O=C(CCCc1ccc(N(CCCl)CCCl)cc1)NCCC[P+](c1ccccc1)(c1ccccc1)c1ccccc1.O=C([O-])C(F)(F)F. The number of carboxylic acids is 1. The number of aryl methyl sites for hydroxylation is 1. The van der Waals surface area contributed by atoms with Crippen molar-refractivity contribution in [1.82, 2.24) is 5.32 Å². The fourth-order valence-corrected chi connectivity index (χ4v) is 10.2. The highest BCUT2D eigenvalue weighted by Crippen LogP contribution is 2.55. The number of hydrogen-bond acceptors (Lipinski definition) is 4. The van der Waals surface area contributed by atoms with Crippen LogP contribution in [0.25, 0.3) is 0 Å². The molecule has 0 radical (unpaired) electrons. The normalized spacial score (nSPS) is 11.3. The molecule has 48 heavy (non-hydrogen) atoms. The molecule has 256 valence electrons. The van der Waals surface area contributed by atoms with Gasteiger partial charge in [-0.05, 0) is 73.4 Å². The molecule has 1 amide bonds. The predicted molar refractivity (Wildman–Crippen MR) is 192 cm³/mol. The zero-order chi connectivity index (χ0) is 34.8. The van der Waals surface area contributed by atoms with Gasteiger partial charge in [0.25, 0.3) is 0 Å². The van der Waals surface area contributed by atoms with Crippen LogP contribution in [0.3, 0.4) is 0 Å². The Bertz CT molecular complexity index is 1410. The summed E-state index contributed by atoms with van der Waals surface area (Å²) in [5.41, 5.74) is 2.37. The van der Waals surface area contributed by atoms with Gasteiger partial charge in [-0.3, -0.25) is 4.79 Å². The number of rotatable bonds is 16. The lowest BCUT2D eigenvalue weighted by Crippen LogP contribution is -2.37. The van der Waals surface area contributed by atoms with Gasteiger partial charge in [-0.1, -0.05) is 66.7 Å². The zero-order valence-electron chi connectivity index (χ0n) is 26.5. The summed E-state index contributed by atoms with van der Waals surface area (Å²) in [5.74, 6) is -1.74. The molecule has 0 aromatic heterocycles. The van der Waals surface area contributed by atoms with Gasteiger partial charge >= 0.3 is 6.18 Å². The van der Waals surface area contributed by atoms with Crippen molar-refractivity contribution in [1.29, 1.82) is 0 Å². The zero-order valence-corrected chi connectivity index (χ0v) is 29.0. The van der Waals surface area contributed by atoms with E-state index in [1.165, 1.54) is 21.5 Å². The van der Waals surface area contributed by atoms with Crippen LogP contribution in [0.2, 0.25) is 0 Å². The van der Waals surface area contributed by atoms with Gasteiger partial charge in [-0.2, -0.15) is 13.2 Å². The minimum absolute atomic E-state index is 0.125. The molecule has 0 atom stereocenters. The average Bonchev–Trinajstić information content (AvgIpc) is 3.10. The van der Waals surface area contributed by atoms with Crippen LogP contribution in [0.4, 0.5) is 18.9 Å². The Balaban J connectivity index is 0.000000804. The molecule has 0 bridgehead atoms. The van der Waals surface area contributed by atoms with Crippen molar-refractivity contribution in [2.75, 3.05) is 42.5 Å². The van der Waals surface area contributed by atoms with Crippen molar-refractivity contribution in [3.63, 3.8) is 0 Å². The predicted octanol–water partition coefficient (Wildman–Crippen LogP) is 6.09. The first-order chi connectivity index (χ1) is 23.1. The summed E-state index contributed by atoms with van der Waals surface area (Å²) in [7, 11) is -1.86. The van der Waals surface area contributed by atoms with Crippen molar-refractivity contribution in [3.8, 4) is 0 Å². The lowest BCUT2D eigenvalue weighted by Gasteiger charge is -2.27. The summed E-state index contributed by atoms with van der Waals surface area (Å²) in [6.45, 7) is 2.23. The average molecular weight is 720 g/mol. The van der Waals surface area contributed by atoms with Gasteiger partial charge in [-0.15, -0.1) is 23.2 Å². The molecule has 5 nitrogen and oxygen atoms in total. The molecule has 0 saturated heterocycles. The Morgan fingerprint density at radius 1 is 0.708 bits per heavy atom. The van der Waals surface area contributed by atoms with Crippen LogP contribution in [-0.2, 0) is 16.0 Å². The molecule has 0 aliphatic carbocycles. The standard InChI is InChI=1S/C35H39Cl2N2OP.C2HF3O2/c36-24-27-39(28-25-37)31-22-20-30(21-23-31)12-10-19-35(40)38-26-11-29-41(32-13-4-1-5-14-32,33-15-6-2-7-16-33)34-17-8-3-9-18-34;3-2(4,5)1(6)7/h1-9,13-18,20-23H,10-12,19,24-29H2;(H,6,7). The molecule has 4 rings (SSSR count). The lowest BCUT2D eigenvalue weighted by atomic mass is 10.1. The van der Waals surface area contributed by atoms with Gasteiger partial charge < -0.3 is 20.1 Å². The highest BCUT2D eigenvalue weighted by Gasteiger charge is 2.44. The third-order valence-corrected chi connectivity index (χ3v) is 12.6. The molecule has 4 aromatic carbocycles. The van der Waals surface area contributed by atoms with Crippen LogP contribution in [0, 0.1) is 0 Å². The summed E-state index contributed by atoms with van der Waals surface area (Å²) >= 11 is 11.9. The van der Waals surface area contributed by atoms with Gasteiger partial charge in [0.15, 0.2) is 0 Å². The fourth-order valence-electron chi connectivity index (χ4n) is 5.41. The van der Waals surface area contributed by atoms with E-state index in [9.17, 15) is 18.0 Å². The summed E-state index contributed by atoms with van der Waals surface area (Å²) in [4.78, 5) is 23.7. The molecule has 0 spiro atoms. The van der Waals surface area contributed by atoms with E-state index in [1.54, 1.807) is 0 Å². The van der Waals surface area contributed by atoms with Crippen molar-refractivity contribution < 1.29 is 27.9 Å². The number of carbonyl (C=O) groups is 2. The summed E-state index contributed by atoms with van der Waals surface area (Å²) in [5, 5.41) is 16.1. The molecule has 4 aromatic rings. The Labute approximate surface area is 291 Å². The molecule has 0 aliphatic rings. The molecule has 0 unspecified atom stereocenters. The minimum Gasteiger partial charge on any atom is -0.542 e. The number of nitrogens with one attached hydrogen (secondary N) is 1. The first-order valence-corrected chi connectivity index (χ1v) is 18.7. The number of anilines is 1. The highest BCUT2D eigenvalue weighted by molar-refractivity contribution is 7.95. The lowest BCUT2D eigenvalue weighted by molar-refractivity contribution is -0.344. The number of hydrogen-bond donors (Lipinski definition) is 1. The Hall–Kier alpha value is -3.58. The third kappa shape index (κ3) is 11.8. The van der Waals surface area contributed by atoms with Crippen LogP contribution >= 0.6 is 30.5 Å². The van der Waals surface area contributed by atoms with Crippen molar-refractivity contribution in [2.45, 2.75) is 31.9 Å². The number of carboxylic acid groups (broad SMARTS) is 1. The van der Waals surface area contributed by atoms with E-state index in [4.69, 9.17) is 33.1 Å². The number of amides is 1. The van der Waals surface area contributed by atoms with Crippen molar-refractivity contribution in [2.24, 2.45) is 0 Å². The number of benzene rings is 4.